The number of alkyl carbamates (subject to hydrolysis) is 2. The van der Waals surface area contributed by atoms with E-state index in [4.69, 9.17) is 88.6 Å². The molecule has 26 nitrogen and oxygen atoms in total. The minimum absolute atomic E-state index is 0.101. The first-order valence-corrected chi connectivity index (χ1v) is 38.0. The number of benzene rings is 2. The van der Waals surface area contributed by atoms with Crippen LogP contribution in [0.25, 0.3) is 0 Å². The maximum Gasteiger partial charge on any atom is 0.408 e. The van der Waals surface area contributed by atoms with Crippen molar-refractivity contribution < 1.29 is 76.5 Å². The standard InChI is InChI=1S/2C35H53N5O8.2CHCl3/c2*1-21(36-31(43)25-16-10-12-18-27(25)40-30(42)22(2)38-34(46)48-35(4,5)6)29(41)39-28-19-13-11-17-26(28)32(44)37-23(3)33(45)47-20-24-14-8-7-9-15-24;2*2-1(3)4/h2*7-9,14-15,21-23,25-28H,10-13,16-20H2,1-6H3,(H,36,43)(H,37,44)(H,38,46)(H,39,41)(H,40,42);2*1H/t2*21-,22-,23-,25-,26-,27+,28+;;/m11../s1. The van der Waals surface area contributed by atoms with Crippen molar-refractivity contribution in [3.05, 3.63) is 71.8 Å². The first kappa shape index (κ1) is 91.6. The number of ether oxygens (including phenoxy) is 4. The van der Waals surface area contributed by atoms with Crippen LogP contribution in [0.4, 0.5) is 9.59 Å². The predicted molar refractivity (Wildman–Crippen MR) is 399 cm³/mol. The molecule has 32 heteroatoms. The van der Waals surface area contributed by atoms with E-state index >= 15 is 0 Å². The Morgan fingerprint density at radius 1 is 0.346 bits per heavy atom. The number of hydrogen-bond donors (Lipinski definition) is 10. The van der Waals surface area contributed by atoms with Gasteiger partial charge < -0.3 is 72.1 Å². The number of carbonyl (C=O) groups is 12. The number of nitrogens with one attached hydrogen (secondary N) is 10. The molecule has 2 aromatic carbocycles. The monoisotopic (exact) mass is 1580 g/mol. The van der Waals surface area contributed by atoms with E-state index in [1.807, 2.05) is 60.7 Å². The van der Waals surface area contributed by atoms with Crippen molar-refractivity contribution in [2.45, 2.75) is 279 Å². The molecule has 10 amide bonds. The normalized spacial score (nSPS) is 21.8. The smallest absolute Gasteiger partial charge is 0.408 e. The lowest BCUT2D eigenvalue weighted by molar-refractivity contribution is -0.149. The fraction of sp³-hybridized carbons (Fsp3) is 0.667. The molecule has 10 N–H and O–H groups in total. The maximum atomic E-state index is 13.4. The summed E-state index contributed by atoms with van der Waals surface area (Å²) in [4.78, 5) is 155. The van der Waals surface area contributed by atoms with Crippen LogP contribution in [0.1, 0.15) is 197 Å². The van der Waals surface area contributed by atoms with E-state index in [2.05, 4.69) is 53.2 Å². The highest BCUT2D eigenvalue weighted by Crippen LogP contribution is 2.29. The SMILES string of the molecule is C[C@@H](NC(=O)OC(C)(C)C)C(=O)N[C@H]1CCCC[C@H]1C(=O)N[C@H](C)C(=O)N[C@H]1CCCC[C@H]1C(=O)N[C@H](C)C(=O)OCc1ccccc1.C[C@@H](NC(=O)OC(C)(C)C)C(=O)N[C@H]1CCCC[C@H]1C(=O)N[C@H](C)C(=O)N[C@H]1CCCC[C@H]1C(=O)N[C@H](C)C(=O)OCc1ccccc1.ClC(Cl)Cl.ClC(Cl)Cl. The van der Waals surface area contributed by atoms with Gasteiger partial charge in [0.05, 0.1) is 23.7 Å². The van der Waals surface area contributed by atoms with E-state index in [1.165, 1.54) is 0 Å². The van der Waals surface area contributed by atoms with E-state index in [-0.39, 0.29) is 36.8 Å². The Labute approximate surface area is 641 Å². The van der Waals surface area contributed by atoms with Crippen LogP contribution in [0.2, 0.25) is 0 Å². The Kier molecular flexibility index (Phi) is 41.0. The Bertz CT molecular complexity index is 2890. The van der Waals surface area contributed by atoms with Gasteiger partial charge in [0.15, 0.2) is 8.59 Å². The van der Waals surface area contributed by atoms with Crippen LogP contribution in [0.5, 0.6) is 0 Å². The highest BCUT2D eigenvalue weighted by molar-refractivity contribution is 6.63. The zero-order chi connectivity index (χ0) is 78.0. The summed E-state index contributed by atoms with van der Waals surface area (Å²) >= 11 is 28.8. The Balaban J connectivity index is 0.000000489. The molecule has 0 bridgehead atoms. The summed E-state index contributed by atoms with van der Waals surface area (Å²) in [6.45, 7) is 19.9. The average Bonchev–Trinajstić information content (AvgIpc) is 0.923. The molecule has 0 radical (unpaired) electrons. The molecular formula is C72H108Cl6N10O16. The first-order chi connectivity index (χ1) is 48.7. The van der Waals surface area contributed by atoms with Crippen LogP contribution in [0, 0.1) is 23.7 Å². The van der Waals surface area contributed by atoms with Gasteiger partial charge in [0.2, 0.25) is 47.3 Å². The van der Waals surface area contributed by atoms with Crippen LogP contribution in [-0.2, 0) is 80.1 Å². The lowest BCUT2D eigenvalue weighted by atomic mass is 9.83. The minimum Gasteiger partial charge on any atom is -0.459 e. The number of alkyl halides is 6. The van der Waals surface area contributed by atoms with E-state index in [1.54, 1.807) is 83.1 Å². The van der Waals surface area contributed by atoms with Gasteiger partial charge in [0.1, 0.15) is 60.7 Å². The molecule has 0 aromatic heterocycles. The van der Waals surface area contributed by atoms with Crippen molar-refractivity contribution >= 4 is 141 Å². The Morgan fingerprint density at radius 3 is 0.788 bits per heavy atom. The largest absolute Gasteiger partial charge is 0.459 e. The van der Waals surface area contributed by atoms with E-state index in [0.29, 0.717) is 51.4 Å². The summed E-state index contributed by atoms with van der Waals surface area (Å²) in [5.41, 5.74) is 0.257. The molecule has 584 valence electrons. The number of amides is 10. The second kappa shape index (κ2) is 46.5. The highest BCUT2D eigenvalue weighted by Gasteiger charge is 2.40. The molecule has 0 heterocycles. The van der Waals surface area contributed by atoms with E-state index in [9.17, 15) is 57.5 Å². The summed E-state index contributed by atoms with van der Waals surface area (Å²) in [6.07, 6.45) is 9.62. The van der Waals surface area contributed by atoms with Gasteiger partial charge in [-0.05, 0) is 146 Å². The molecule has 2 aromatic rings. The third kappa shape index (κ3) is 36.1. The first-order valence-electron chi connectivity index (χ1n) is 35.4. The summed E-state index contributed by atoms with van der Waals surface area (Å²) in [5.74, 6) is -6.36. The fourth-order valence-corrected chi connectivity index (χ4v) is 12.0. The van der Waals surface area contributed by atoms with Crippen molar-refractivity contribution in [2.24, 2.45) is 23.7 Å². The van der Waals surface area contributed by atoms with Gasteiger partial charge in [-0.15, -0.1) is 0 Å². The number of carbonyl (C=O) groups excluding carboxylic acids is 12. The second-order valence-electron chi connectivity index (χ2n) is 28.4. The van der Waals surface area contributed by atoms with Crippen LogP contribution in [-0.4, -0.2) is 152 Å². The summed E-state index contributed by atoms with van der Waals surface area (Å²) in [7, 11) is 0. The van der Waals surface area contributed by atoms with E-state index in [0.717, 1.165) is 62.5 Å². The van der Waals surface area contributed by atoms with Gasteiger partial charge in [-0.2, -0.15) is 0 Å². The maximum absolute atomic E-state index is 13.4. The lowest BCUT2D eigenvalue weighted by Crippen LogP contribution is -2.57. The summed E-state index contributed by atoms with van der Waals surface area (Å²) < 4.78 is 19.6. The molecule has 104 heavy (non-hydrogen) atoms. The molecule has 0 unspecified atom stereocenters. The van der Waals surface area contributed by atoms with Gasteiger partial charge in [-0.1, -0.05) is 182 Å². The highest BCUT2D eigenvalue weighted by atomic mass is 35.6. The van der Waals surface area contributed by atoms with Gasteiger partial charge in [-0.3, -0.25) is 38.4 Å². The third-order valence-corrected chi connectivity index (χ3v) is 17.4. The Morgan fingerprint density at radius 2 is 0.558 bits per heavy atom. The topological polar surface area (TPSA) is 362 Å². The number of hydrogen-bond acceptors (Lipinski definition) is 16. The van der Waals surface area contributed by atoms with Crippen LogP contribution < -0.4 is 53.2 Å². The second-order valence-corrected chi connectivity index (χ2v) is 32.3. The van der Waals surface area contributed by atoms with Crippen molar-refractivity contribution in [3.8, 4) is 0 Å². The van der Waals surface area contributed by atoms with E-state index < -0.39 is 152 Å². The van der Waals surface area contributed by atoms with Crippen molar-refractivity contribution in [1.82, 2.24) is 53.2 Å². The average molecular weight is 1580 g/mol. The molecule has 0 saturated heterocycles. The fourth-order valence-electron chi connectivity index (χ4n) is 12.0. The van der Waals surface area contributed by atoms with Gasteiger partial charge >= 0.3 is 24.1 Å². The molecule has 0 aliphatic heterocycles. The van der Waals surface area contributed by atoms with Gasteiger partial charge in [-0.25, -0.2) is 19.2 Å². The van der Waals surface area contributed by atoms with Gasteiger partial charge in [0, 0.05) is 24.2 Å². The third-order valence-electron chi connectivity index (χ3n) is 17.4. The molecule has 4 fully saturated rings. The molecular weight excluding hydrogens is 1470 g/mol. The lowest BCUT2D eigenvalue weighted by Gasteiger charge is -2.34. The number of rotatable bonds is 24. The van der Waals surface area contributed by atoms with Crippen LogP contribution in [0.3, 0.4) is 0 Å². The molecule has 6 rings (SSSR count). The predicted octanol–water partition coefficient (Wildman–Crippen LogP) is 9.98. The summed E-state index contributed by atoms with van der Waals surface area (Å²) in [5, 5.41) is 27.8. The van der Waals surface area contributed by atoms with Crippen LogP contribution in [0.15, 0.2) is 60.7 Å². The molecule has 4 saturated carbocycles. The van der Waals surface area contributed by atoms with Gasteiger partial charge in [0.25, 0.3) is 0 Å². The number of esters is 2. The molecule has 4 aliphatic carbocycles. The molecule has 14 atom stereocenters. The van der Waals surface area contributed by atoms with Crippen molar-refractivity contribution in [2.75, 3.05) is 0 Å². The number of halogens is 6. The molecule has 0 spiro atoms. The van der Waals surface area contributed by atoms with Crippen molar-refractivity contribution in [3.63, 3.8) is 0 Å². The quantitative estimate of drug-likeness (QED) is 0.0265. The zero-order valence-corrected chi connectivity index (χ0v) is 66.1. The Hall–Kier alpha value is -6.58. The van der Waals surface area contributed by atoms with Crippen molar-refractivity contribution in [1.29, 1.82) is 0 Å². The minimum atomic E-state index is -0.888. The summed E-state index contributed by atoms with van der Waals surface area (Å²) in [6, 6.07) is 11.4. The molecule has 4 aliphatic rings. The zero-order valence-electron chi connectivity index (χ0n) is 61.5. The van der Waals surface area contributed by atoms with Crippen LogP contribution >= 0.6 is 69.6 Å².